The van der Waals surface area contributed by atoms with Crippen molar-refractivity contribution in [1.82, 2.24) is 9.88 Å². The molecule has 88 valence electrons. The van der Waals surface area contributed by atoms with Crippen LogP contribution in [-0.2, 0) is 20.1 Å². The van der Waals surface area contributed by atoms with Crippen molar-refractivity contribution < 1.29 is 13.5 Å². The number of rotatable bonds is 2. The number of aromatic nitrogens is 1. The van der Waals surface area contributed by atoms with Gasteiger partial charge in [-0.25, -0.2) is 0 Å². The molecule has 1 aromatic rings. The molecule has 0 aromatic carbocycles. The normalized spacial score (nSPS) is 14.3. The third-order valence-electron chi connectivity index (χ3n) is 2.79. The molecule has 0 saturated carbocycles. The zero-order chi connectivity index (χ0) is 11.9. The third kappa shape index (κ3) is 1.59. The fraction of sp³-hybridized carbons (Fsp3) is 0.500. The van der Waals surface area contributed by atoms with Crippen LogP contribution in [0.2, 0.25) is 0 Å². The monoisotopic (exact) mass is 230 g/mol. The quantitative estimate of drug-likeness (QED) is 0.820. The third-order valence-corrected chi connectivity index (χ3v) is 2.79. The summed E-state index contributed by atoms with van der Waals surface area (Å²) in [5.74, 6) is 0.0260. The van der Waals surface area contributed by atoms with Crippen molar-refractivity contribution in [2.45, 2.75) is 26.6 Å². The van der Waals surface area contributed by atoms with Gasteiger partial charge in [-0.3, -0.25) is 4.79 Å². The van der Waals surface area contributed by atoms with Gasteiger partial charge in [-0.15, -0.1) is 0 Å². The van der Waals surface area contributed by atoms with Crippen molar-refractivity contribution in [2.75, 3.05) is 0 Å². The molecular weight excluding hydrogens is 218 g/mol. The van der Waals surface area contributed by atoms with Crippen LogP contribution in [0.5, 0.6) is 5.75 Å². The molecule has 0 atom stereocenters. The van der Waals surface area contributed by atoms with Crippen molar-refractivity contribution in [2.24, 2.45) is 7.05 Å². The second-order valence-electron chi connectivity index (χ2n) is 3.73. The first-order chi connectivity index (χ1) is 7.52. The highest BCUT2D eigenvalue weighted by Gasteiger charge is 2.24. The van der Waals surface area contributed by atoms with Gasteiger partial charge in [-0.05, 0) is 6.92 Å². The molecule has 0 saturated heterocycles. The molecule has 1 aliphatic heterocycles. The topological polar surface area (TPSA) is 43.3 Å². The van der Waals surface area contributed by atoms with Gasteiger partial charge in [0.1, 0.15) is 5.75 Å². The summed E-state index contributed by atoms with van der Waals surface area (Å²) in [5, 5.41) is 3.01. The Bertz CT molecular complexity index is 483. The molecular formula is C10H12F2N2O2. The standard InChI is InChI=1S/C10H12F2N2O2/c1-5-8(16-10(11)12)6-3-13-4-7(6)14(2)9(5)15/h10,13H,3-4H2,1-2H3. The highest BCUT2D eigenvalue weighted by molar-refractivity contribution is 5.44. The summed E-state index contributed by atoms with van der Waals surface area (Å²) in [5.41, 5.74) is 1.30. The summed E-state index contributed by atoms with van der Waals surface area (Å²) in [7, 11) is 1.63. The van der Waals surface area contributed by atoms with E-state index in [2.05, 4.69) is 10.1 Å². The second kappa shape index (κ2) is 3.86. The predicted molar refractivity (Wildman–Crippen MR) is 53.6 cm³/mol. The fourth-order valence-corrected chi connectivity index (χ4v) is 1.99. The Morgan fingerprint density at radius 2 is 2.12 bits per heavy atom. The predicted octanol–water partition coefficient (Wildman–Crippen LogP) is 0.898. The highest BCUT2D eigenvalue weighted by Crippen LogP contribution is 2.28. The van der Waals surface area contributed by atoms with Crippen LogP contribution in [0.4, 0.5) is 8.78 Å². The lowest BCUT2D eigenvalue weighted by Gasteiger charge is -2.14. The van der Waals surface area contributed by atoms with E-state index in [0.717, 1.165) is 0 Å². The van der Waals surface area contributed by atoms with Gasteiger partial charge in [0, 0.05) is 31.4 Å². The minimum atomic E-state index is -2.91. The van der Waals surface area contributed by atoms with Crippen LogP contribution in [0.25, 0.3) is 0 Å². The van der Waals surface area contributed by atoms with Crippen LogP contribution in [0, 0.1) is 6.92 Å². The zero-order valence-electron chi connectivity index (χ0n) is 9.01. The number of halogens is 2. The number of fused-ring (bicyclic) bond motifs is 1. The molecule has 0 bridgehead atoms. The Morgan fingerprint density at radius 3 is 2.75 bits per heavy atom. The van der Waals surface area contributed by atoms with E-state index in [0.29, 0.717) is 24.3 Å². The maximum absolute atomic E-state index is 12.2. The summed E-state index contributed by atoms with van der Waals surface area (Å²) in [6.07, 6.45) is 0. The Labute approximate surface area is 90.8 Å². The van der Waals surface area contributed by atoms with E-state index >= 15 is 0 Å². The first-order valence-electron chi connectivity index (χ1n) is 4.89. The van der Waals surface area contributed by atoms with Crippen molar-refractivity contribution in [3.05, 3.63) is 27.2 Å². The van der Waals surface area contributed by atoms with Crippen LogP contribution >= 0.6 is 0 Å². The largest absolute Gasteiger partial charge is 0.434 e. The summed E-state index contributed by atoms with van der Waals surface area (Å²) in [4.78, 5) is 11.7. The van der Waals surface area contributed by atoms with Gasteiger partial charge in [0.15, 0.2) is 0 Å². The molecule has 2 heterocycles. The number of ether oxygens (including phenoxy) is 1. The lowest BCUT2D eigenvalue weighted by Crippen LogP contribution is -2.25. The van der Waals surface area contributed by atoms with E-state index in [4.69, 9.17) is 0 Å². The van der Waals surface area contributed by atoms with E-state index in [1.807, 2.05) is 0 Å². The van der Waals surface area contributed by atoms with Gasteiger partial charge >= 0.3 is 6.61 Å². The van der Waals surface area contributed by atoms with Crippen LogP contribution in [0.1, 0.15) is 16.8 Å². The molecule has 1 aliphatic rings. The van der Waals surface area contributed by atoms with Gasteiger partial charge in [0.25, 0.3) is 5.56 Å². The molecule has 0 unspecified atom stereocenters. The average Bonchev–Trinajstić information content (AvgIpc) is 2.69. The number of pyridine rings is 1. The summed E-state index contributed by atoms with van der Waals surface area (Å²) in [6, 6.07) is 0. The maximum atomic E-state index is 12.2. The second-order valence-corrected chi connectivity index (χ2v) is 3.73. The van der Waals surface area contributed by atoms with Crippen molar-refractivity contribution >= 4 is 0 Å². The van der Waals surface area contributed by atoms with Gasteiger partial charge in [0.2, 0.25) is 0 Å². The molecule has 1 N–H and O–H groups in total. The molecule has 0 radical (unpaired) electrons. The minimum Gasteiger partial charge on any atom is -0.434 e. The first-order valence-corrected chi connectivity index (χ1v) is 4.89. The molecule has 0 aliphatic carbocycles. The fourth-order valence-electron chi connectivity index (χ4n) is 1.99. The Morgan fingerprint density at radius 1 is 1.44 bits per heavy atom. The lowest BCUT2D eigenvalue weighted by atomic mass is 10.1. The summed E-state index contributed by atoms with van der Waals surface area (Å²) in [6.45, 7) is -0.457. The molecule has 0 spiro atoms. The summed E-state index contributed by atoms with van der Waals surface area (Å²) >= 11 is 0. The van der Waals surface area contributed by atoms with Crippen LogP contribution < -0.4 is 15.6 Å². The van der Waals surface area contributed by atoms with Gasteiger partial charge in [-0.1, -0.05) is 0 Å². The molecule has 16 heavy (non-hydrogen) atoms. The zero-order valence-corrected chi connectivity index (χ0v) is 9.01. The lowest BCUT2D eigenvalue weighted by molar-refractivity contribution is -0.0510. The van der Waals surface area contributed by atoms with E-state index in [-0.39, 0.29) is 16.9 Å². The number of hydrogen-bond donors (Lipinski definition) is 1. The Kier molecular flexibility index (Phi) is 2.67. The molecule has 1 aromatic heterocycles. The number of nitrogens with zero attached hydrogens (tertiary/aromatic N) is 1. The minimum absolute atomic E-state index is 0.0260. The summed E-state index contributed by atoms with van der Waals surface area (Å²) < 4.78 is 30.4. The van der Waals surface area contributed by atoms with E-state index < -0.39 is 6.61 Å². The van der Waals surface area contributed by atoms with Crippen molar-refractivity contribution in [3.8, 4) is 5.75 Å². The number of hydrogen-bond acceptors (Lipinski definition) is 3. The van der Waals surface area contributed by atoms with Gasteiger partial charge < -0.3 is 14.6 Å². The Balaban J connectivity index is 2.64. The molecule has 6 heteroatoms. The van der Waals surface area contributed by atoms with Crippen LogP contribution in [-0.4, -0.2) is 11.2 Å². The SMILES string of the molecule is Cc1c(OC(F)F)c2c(n(C)c1=O)CNC2. The molecule has 2 rings (SSSR count). The van der Waals surface area contributed by atoms with Crippen molar-refractivity contribution in [1.29, 1.82) is 0 Å². The van der Waals surface area contributed by atoms with Gasteiger partial charge in [0.05, 0.1) is 5.56 Å². The van der Waals surface area contributed by atoms with E-state index in [1.54, 1.807) is 7.05 Å². The number of nitrogens with one attached hydrogen (secondary N) is 1. The highest BCUT2D eigenvalue weighted by atomic mass is 19.3. The van der Waals surface area contributed by atoms with Crippen LogP contribution in [0.15, 0.2) is 4.79 Å². The number of alkyl halides is 2. The average molecular weight is 230 g/mol. The first kappa shape index (κ1) is 11.1. The van der Waals surface area contributed by atoms with Crippen LogP contribution in [0.3, 0.4) is 0 Å². The molecule has 0 amide bonds. The maximum Gasteiger partial charge on any atom is 0.387 e. The molecule has 4 nitrogen and oxygen atoms in total. The van der Waals surface area contributed by atoms with Crippen molar-refractivity contribution in [3.63, 3.8) is 0 Å². The van der Waals surface area contributed by atoms with E-state index in [1.165, 1.54) is 11.5 Å². The smallest absolute Gasteiger partial charge is 0.387 e. The molecule has 0 fully saturated rings. The van der Waals surface area contributed by atoms with Gasteiger partial charge in [-0.2, -0.15) is 8.78 Å². The van der Waals surface area contributed by atoms with E-state index in [9.17, 15) is 13.6 Å². The Hall–Kier alpha value is -1.43.